The van der Waals surface area contributed by atoms with E-state index < -0.39 is 10.0 Å². The quantitative estimate of drug-likeness (QED) is 0.263. The van der Waals surface area contributed by atoms with Crippen LogP contribution in [0.1, 0.15) is 32.6 Å². The summed E-state index contributed by atoms with van der Waals surface area (Å²) in [6.45, 7) is 3.89. The number of nitrogens with zero attached hydrogens (tertiary/aromatic N) is 2. The summed E-state index contributed by atoms with van der Waals surface area (Å²) in [5, 5.41) is 11.4. The zero-order chi connectivity index (χ0) is 14.3. The van der Waals surface area contributed by atoms with Crippen molar-refractivity contribution in [3.8, 4) is 0 Å². The number of unbranched alkanes of at least 4 members (excludes halogenated alkanes) is 1. The average Bonchev–Trinajstić information content (AvgIpc) is 2.38. The van der Waals surface area contributed by atoms with Crippen LogP contribution in [0.5, 0.6) is 0 Å². The number of nitrogens with one attached hydrogen (secondary N) is 1. The molecular formula is C11H24N4O3S. The normalized spacial score (nSPS) is 19.7. The third-order valence-electron chi connectivity index (χ3n) is 3.21. The fourth-order valence-corrected chi connectivity index (χ4v) is 3.65. The number of hydrogen-bond donors (Lipinski definition) is 3. The topological polar surface area (TPSA) is 108 Å². The van der Waals surface area contributed by atoms with E-state index in [9.17, 15) is 8.42 Å². The predicted molar refractivity (Wildman–Crippen MR) is 74.7 cm³/mol. The Kier molecular flexibility index (Phi) is 6.53. The van der Waals surface area contributed by atoms with E-state index in [1.165, 1.54) is 0 Å². The Morgan fingerprint density at radius 3 is 2.63 bits per heavy atom. The first-order valence-electron chi connectivity index (χ1n) is 6.65. The molecule has 7 nitrogen and oxygen atoms in total. The summed E-state index contributed by atoms with van der Waals surface area (Å²) in [6.07, 6.45) is 3.07. The highest BCUT2D eigenvalue weighted by Gasteiger charge is 2.23. The Hall–Kier alpha value is -0.860. The van der Waals surface area contributed by atoms with Crippen molar-refractivity contribution in [2.45, 2.75) is 38.6 Å². The first-order chi connectivity index (χ1) is 8.96. The molecule has 1 aliphatic heterocycles. The van der Waals surface area contributed by atoms with Gasteiger partial charge >= 0.3 is 0 Å². The van der Waals surface area contributed by atoms with Gasteiger partial charge in [-0.1, -0.05) is 18.5 Å². The highest BCUT2D eigenvalue weighted by atomic mass is 32.2. The second-order valence-corrected chi connectivity index (χ2v) is 6.81. The maximum absolute atomic E-state index is 11.8. The van der Waals surface area contributed by atoms with E-state index >= 15 is 0 Å². The minimum absolute atomic E-state index is 0.00500. The number of hydrogen-bond acceptors (Lipinski definition) is 5. The Morgan fingerprint density at radius 1 is 1.47 bits per heavy atom. The number of nitrogens with two attached hydrogens (primary N) is 1. The van der Waals surface area contributed by atoms with Gasteiger partial charge in [0.2, 0.25) is 10.0 Å². The van der Waals surface area contributed by atoms with Crippen LogP contribution in [-0.4, -0.2) is 55.8 Å². The molecule has 4 N–H and O–H groups in total. The summed E-state index contributed by atoms with van der Waals surface area (Å²) in [6, 6.07) is 0.00500. The summed E-state index contributed by atoms with van der Waals surface area (Å²) in [5.74, 6) is 0.385. The highest BCUT2D eigenvalue weighted by molar-refractivity contribution is 7.89. The number of likely N-dealkylation sites (tertiary alicyclic amines) is 1. The van der Waals surface area contributed by atoms with Crippen LogP contribution in [-0.2, 0) is 10.0 Å². The molecule has 0 aliphatic carbocycles. The molecule has 112 valence electrons. The minimum Gasteiger partial charge on any atom is -0.409 e. The number of oxime groups is 1. The van der Waals surface area contributed by atoms with E-state index in [1.54, 1.807) is 0 Å². The van der Waals surface area contributed by atoms with E-state index in [2.05, 4.69) is 9.88 Å². The molecule has 1 heterocycles. The highest BCUT2D eigenvalue weighted by Crippen LogP contribution is 2.11. The zero-order valence-corrected chi connectivity index (χ0v) is 12.2. The van der Waals surface area contributed by atoms with Gasteiger partial charge in [0.25, 0.3) is 0 Å². The molecule has 0 aromatic rings. The third kappa shape index (κ3) is 6.22. The molecule has 0 aromatic carbocycles. The van der Waals surface area contributed by atoms with Gasteiger partial charge in [0.05, 0.1) is 12.3 Å². The van der Waals surface area contributed by atoms with Crippen molar-refractivity contribution in [3.05, 3.63) is 0 Å². The van der Waals surface area contributed by atoms with E-state index in [0.717, 1.165) is 32.4 Å². The van der Waals surface area contributed by atoms with Crippen LogP contribution in [0, 0.1) is 0 Å². The van der Waals surface area contributed by atoms with Gasteiger partial charge in [-0.15, -0.1) is 0 Å². The Morgan fingerprint density at radius 2 is 2.11 bits per heavy atom. The monoisotopic (exact) mass is 292 g/mol. The fraction of sp³-hybridized carbons (Fsp3) is 0.909. The first kappa shape index (κ1) is 16.2. The first-order valence-corrected chi connectivity index (χ1v) is 8.31. The van der Waals surface area contributed by atoms with Gasteiger partial charge in [0.15, 0.2) is 5.84 Å². The summed E-state index contributed by atoms with van der Waals surface area (Å²) >= 11 is 0. The van der Waals surface area contributed by atoms with E-state index in [1.807, 2.05) is 11.8 Å². The molecule has 0 unspecified atom stereocenters. The van der Waals surface area contributed by atoms with Gasteiger partial charge in [-0.3, -0.25) is 4.90 Å². The van der Waals surface area contributed by atoms with Crippen LogP contribution in [0.4, 0.5) is 0 Å². The molecule has 0 aromatic heterocycles. The number of piperidine rings is 1. The van der Waals surface area contributed by atoms with Crippen molar-refractivity contribution in [1.82, 2.24) is 9.62 Å². The second-order valence-electron chi connectivity index (χ2n) is 4.93. The standard InChI is InChI=1S/C11H24N4O3S/c1-2-3-8-19(17,18)14-10-4-6-15(7-5-10)9-11(12)13-16/h10,14,16H,2-9H2,1H3,(H2,12,13). The molecule has 1 rings (SSSR count). The molecule has 1 aliphatic rings. The van der Waals surface area contributed by atoms with Gasteiger partial charge < -0.3 is 10.9 Å². The molecule has 1 saturated heterocycles. The van der Waals surface area contributed by atoms with Crippen LogP contribution < -0.4 is 10.5 Å². The van der Waals surface area contributed by atoms with Crippen LogP contribution in [0.25, 0.3) is 0 Å². The zero-order valence-electron chi connectivity index (χ0n) is 11.4. The molecule has 0 saturated carbocycles. The molecule has 0 atom stereocenters. The van der Waals surface area contributed by atoms with Crippen molar-refractivity contribution in [3.63, 3.8) is 0 Å². The van der Waals surface area contributed by atoms with Gasteiger partial charge in [-0.25, -0.2) is 13.1 Å². The van der Waals surface area contributed by atoms with Crippen molar-refractivity contribution in [2.75, 3.05) is 25.4 Å². The summed E-state index contributed by atoms with van der Waals surface area (Å²) in [7, 11) is -3.15. The lowest BCUT2D eigenvalue weighted by Gasteiger charge is -2.31. The molecule has 0 amide bonds. The van der Waals surface area contributed by atoms with Gasteiger partial charge in [0.1, 0.15) is 0 Å². The van der Waals surface area contributed by atoms with Crippen LogP contribution >= 0.6 is 0 Å². The predicted octanol–water partition coefficient (Wildman–Crippen LogP) is -0.0833. The Labute approximate surface area is 114 Å². The fourth-order valence-electron chi connectivity index (χ4n) is 2.12. The molecule has 0 radical (unpaired) electrons. The van der Waals surface area contributed by atoms with Crippen molar-refractivity contribution >= 4 is 15.9 Å². The molecule has 0 spiro atoms. The lowest BCUT2D eigenvalue weighted by atomic mass is 10.1. The minimum atomic E-state index is -3.15. The van der Waals surface area contributed by atoms with E-state index in [0.29, 0.717) is 13.0 Å². The molecule has 0 bridgehead atoms. The summed E-state index contributed by atoms with van der Waals surface area (Å²) in [4.78, 5) is 2.05. The lowest BCUT2D eigenvalue weighted by Crippen LogP contribution is -2.47. The third-order valence-corrected chi connectivity index (χ3v) is 4.73. The molecule has 19 heavy (non-hydrogen) atoms. The maximum Gasteiger partial charge on any atom is 0.211 e. The van der Waals surface area contributed by atoms with Gasteiger partial charge in [-0.2, -0.15) is 0 Å². The number of sulfonamides is 1. The Bertz CT molecular complexity index is 389. The van der Waals surface area contributed by atoms with Crippen LogP contribution in [0.2, 0.25) is 0 Å². The average molecular weight is 292 g/mol. The smallest absolute Gasteiger partial charge is 0.211 e. The largest absolute Gasteiger partial charge is 0.409 e. The summed E-state index contributed by atoms with van der Waals surface area (Å²) in [5.41, 5.74) is 5.44. The number of rotatable bonds is 7. The second kappa shape index (κ2) is 7.66. The lowest BCUT2D eigenvalue weighted by molar-refractivity contribution is 0.228. The van der Waals surface area contributed by atoms with Crippen LogP contribution in [0.15, 0.2) is 5.16 Å². The summed E-state index contributed by atoms with van der Waals surface area (Å²) < 4.78 is 26.3. The maximum atomic E-state index is 11.8. The van der Waals surface area contributed by atoms with Gasteiger partial charge in [-0.05, 0) is 19.3 Å². The van der Waals surface area contributed by atoms with Crippen LogP contribution in [0.3, 0.4) is 0 Å². The number of amidine groups is 1. The van der Waals surface area contributed by atoms with Crippen molar-refractivity contribution in [1.29, 1.82) is 0 Å². The molecular weight excluding hydrogens is 268 g/mol. The molecule has 8 heteroatoms. The van der Waals surface area contributed by atoms with E-state index in [4.69, 9.17) is 10.9 Å². The Balaban J connectivity index is 2.34. The SMILES string of the molecule is CCCCS(=O)(=O)NC1CCN(CC(N)=NO)CC1. The molecule has 1 fully saturated rings. The van der Waals surface area contributed by atoms with Gasteiger partial charge in [0, 0.05) is 19.1 Å². The van der Waals surface area contributed by atoms with Crippen molar-refractivity contribution < 1.29 is 13.6 Å². The van der Waals surface area contributed by atoms with E-state index in [-0.39, 0.29) is 17.6 Å². The van der Waals surface area contributed by atoms with Crippen molar-refractivity contribution in [2.24, 2.45) is 10.9 Å².